The van der Waals surface area contributed by atoms with Crippen molar-refractivity contribution >= 4 is 15.9 Å². The molecule has 0 amide bonds. The molecule has 4 heteroatoms. The smallest absolute Gasteiger partial charge is 0.107 e. The second kappa shape index (κ2) is 5.67. The highest BCUT2D eigenvalue weighted by Gasteiger charge is 2.11. The maximum absolute atomic E-state index is 5.62. The summed E-state index contributed by atoms with van der Waals surface area (Å²) in [6, 6.07) is 8.57. The number of halogens is 1. The minimum absolute atomic E-state index is 0.457. The van der Waals surface area contributed by atoms with Crippen molar-refractivity contribution in [3.8, 4) is 11.3 Å². The Kier molecular flexibility index (Phi) is 4.19. The van der Waals surface area contributed by atoms with E-state index in [4.69, 9.17) is 5.73 Å². The SMILES string of the molecule is CCC(C)c1ccc(-c2n[nH]c(CN)c2Br)cc1. The van der Waals surface area contributed by atoms with Crippen LogP contribution in [0.4, 0.5) is 0 Å². The zero-order valence-electron chi connectivity index (χ0n) is 10.7. The fraction of sp³-hybridized carbons (Fsp3) is 0.357. The van der Waals surface area contributed by atoms with Gasteiger partial charge >= 0.3 is 0 Å². The molecule has 0 aliphatic heterocycles. The number of nitrogens with zero attached hydrogens (tertiary/aromatic N) is 1. The van der Waals surface area contributed by atoms with E-state index in [1.54, 1.807) is 0 Å². The molecule has 1 unspecified atom stereocenters. The van der Waals surface area contributed by atoms with E-state index in [1.165, 1.54) is 5.56 Å². The van der Waals surface area contributed by atoms with Crippen LogP contribution in [-0.2, 0) is 6.54 Å². The van der Waals surface area contributed by atoms with Crippen LogP contribution < -0.4 is 5.73 Å². The van der Waals surface area contributed by atoms with E-state index in [9.17, 15) is 0 Å². The maximum Gasteiger partial charge on any atom is 0.107 e. The molecule has 0 spiro atoms. The summed E-state index contributed by atoms with van der Waals surface area (Å²) in [6.07, 6.45) is 1.16. The van der Waals surface area contributed by atoms with Crippen molar-refractivity contribution in [3.05, 3.63) is 40.0 Å². The molecule has 0 aliphatic rings. The van der Waals surface area contributed by atoms with Gasteiger partial charge < -0.3 is 5.73 Å². The van der Waals surface area contributed by atoms with Gasteiger partial charge in [0.1, 0.15) is 5.69 Å². The van der Waals surface area contributed by atoms with Gasteiger partial charge in [-0.15, -0.1) is 0 Å². The van der Waals surface area contributed by atoms with Gasteiger partial charge in [0.05, 0.1) is 10.2 Å². The van der Waals surface area contributed by atoms with Gasteiger partial charge in [0, 0.05) is 12.1 Å². The maximum atomic E-state index is 5.62. The number of H-pyrrole nitrogens is 1. The largest absolute Gasteiger partial charge is 0.325 e. The van der Waals surface area contributed by atoms with Crippen LogP contribution in [-0.4, -0.2) is 10.2 Å². The average molecular weight is 308 g/mol. The van der Waals surface area contributed by atoms with E-state index >= 15 is 0 Å². The fourth-order valence-corrected chi connectivity index (χ4v) is 2.46. The van der Waals surface area contributed by atoms with Crippen molar-refractivity contribution < 1.29 is 0 Å². The highest BCUT2D eigenvalue weighted by Crippen LogP contribution is 2.30. The molecule has 3 nitrogen and oxygen atoms in total. The van der Waals surface area contributed by atoms with Gasteiger partial charge in [0.25, 0.3) is 0 Å². The first-order valence-corrected chi connectivity index (χ1v) is 6.99. The third-order valence-electron chi connectivity index (χ3n) is 3.35. The van der Waals surface area contributed by atoms with E-state index in [-0.39, 0.29) is 0 Å². The Morgan fingerprint density at radius 3 is 2.50 bits per heavy atom. The predicted molar refractivity (Wildman–Crippen MR) is 78.3 cm³/mol. The molecular formula is C14H18BrN3. The Bertz CT molecular complexity index is 516. The lowest BCUT2D eigenvalue weighted by molar-refractivity contribution is 0.734. The van der Waals surface area contributed by atoms with Crippen LogP contribution in [0.25, 0.3) is 11.3 Å². The number of hydrogen-bond donors (Lipinski definition) is 2. The van der Waals surface area contributed by atoms with Crippen molar-refractivity contribution in [2.75, 3.05) is 0 Å². The number of nitrogens with two attached hydrogens (primary N) is 1. The molecule has 1 aromatic carbocycles. The molecule has 0 radical (unpaired) electrons. The molecule has 3 N–H and O–H groups in total. The molecule has 2 rings (SSSR count). The second-order valence-corrected chi connectivity index (χ2v) is 5.29. The van der Waals surface area contributed by atoms with Gasteiger partial charge in [0.15, 0.2) is 0 Å². The van der Waals surface area contributed by atoms with E-state index in [0.717, 1.165) is 27.8 Å². The Hall–Kier alpha value is -1.13. The zero-order valence-corrected chi connectivity index (χ0v) is 12.3. The molecule has 2 aromatic rings. The summed E-state index contributed by atoms with van der Waals surface area (Å²) in [4.78, 5) is 0. The number of benzene rings is 1. The van der Waals surface area contributed by atoms with Crippen molar-refractivity contribution in [3.63, 3.8) is 0 Å². The average Bonchev–Trinajstić information content (AvgIpc) is 2.79. The first kappa shape index (κ1) is 13.3. The Balaban J connectivity index is 2.31. The van der Waals surface area contributed by atoms with E-state index in [0.29, 0.717) is 12.5 Å². The fourth-order valence-electron chi connectivity index (χ4n) is 1.90. The Labute approximate surface area is 116 Å². The lowest BCUT2D eigenvalue weighted by atomic mass is 9.97. The monoisotopic (exact) mass is 307 g/mol. The highest BCUT2D eigenvalue weighted by molar-refractivity contribution is 9.10. The Morgan fingerprint density at radius 2 is 2.00 bits per heavy atom. The minimum Gasteiger partial charge on any atom is -0.325 e. The number of hydrogen-bond acceptors (Lipinski definition) is 2. The first-order chi connectivity index (χ1) is 8.67. The van der Waals surface area contributed by atoms with Crippen molar-refractivity contribution in [2.24, 2.45) is 5.73 Å². The van der Waals surface area contributed by atoms with Crippen molar-refractivity contribution in [1.29, 1.82) is 0 Å². The van der Waals surface area contributed by atoms with Crippen LogP contribution in [0.3, 0.4) is 0 Å². The summed E-state index contributed by atoms with van der Waals surface area (Å²) < 4.78 is 0.960. The standard InChI is InChI=1S/C14H18BrN3/c1-3-9(2)10-4-6-11(7-5-10)14-13(15)12(8-16)17-18-14/h4-7,9H,3,8,16H2,1-2H3,(H,17,18). The number of aromatic amines is 1. The van der Waals surface area contributed by atoms with Crippen LogP contribution in [0.15, 0.2) is 28.7 Å². The third-order valence-corrected chi connectivity index (χ3v) is 4.20. The Morgan fingerprint density at radius 1 is 1.33 bits per heavy atom. The lowest BCUT2D eigenvalue weighted by Crippen LogP contribution is -1.96. The number of nitrogens with one attached hydrogen (secondary N) is 1. The normalized spacial score (nSPS) is 12.7. The number of aromatic nitrogens is 2. The first-order valence-electron chi connectivity index (χ1n) is 6.20. The van der Waals surface area contributed by atoms with Gasteiger partial charge in [-0.25, -0.2) is 0 Å². The summed E-state index contributed by atoms with van der Waals surface area (Å²) >= 11 is 3.54. The van der Waals surface area contributed by atoms with Crippen LogP contribution in [0, 0.1) is 0 Å². The topological polar surface area (TPSA) is 54.7 Å². The summed E-state index contributed by atoms with van der Waals surface area (Å²) in [6.45, 7) is 4.90. The van der Waals surface area contributed by atoms with E-state index < -0.39 is 0 Å². The summed E-state index contributed by atoms with van der Waals surface area (Å²) in [5.41, 5.74) is 9.94. The predicted octanol–water partition coefficient (Wildman–Crippen LogP) is 3.81. The molecule has 0 fully saturated rings. The molecule has 0 bridgehead atoms. The highest BCUT2D eigenvalue weighted by atomic mass is 79.9. The van der Waals surface area contributed by atoms with E-state index in [2.05, 4.69) is 64.2 Å². The quantitative estimate of drug-likeness (QED) is 0.902. The molecule has 18 heavy (non-hydrogen) atoms. The molecule has 0 aliphatic carbocycles. The molecule has 1 aromatic heterocycles. The van der Waals surface area contributed by atoms with Crippen molar-refractivity contribution in [2.45, 2.75) is 32.7 Å². The van der Waals surface area contributed by atoms with Gasteiger partial charge in [0.2, 0.25) is 0 Å². The zero-order chi connectivity index (χ0) is 13.1. The summed E-state index contributed by atoms with van der Waals surface area (Å²) in [7, 11) is 0. The third kappa shape index (κ3) is 2.49. The van der Waals surface area contributed by atoms with Gasteiger partial charge in [-0.2, -0.15) is 5.10 Å². The van der Waals surface area contributed by atoms with Gasteiger partial charge in [-0.1, -0.05) is 38.1 Å². The molecule has 0 saturated heterocycles. The van der Waals surface area contributed by atoms with Crippen LogP contribution in [0.5, 0.6) is 0 Å². The lowest BCUT2D eigenvalue weighted by Gasteiger charge is -2.09. The minimum atomic E-state index is 0.457. The molecule has 96 valence electrons. The number of rotatable bonds is 4. The summed E-state index contributed by atoms with van der Waals surface area (Å²) in [5, 5.41) is 7.25. The van der Waals surface area contributed by atoms with Gasteiger partial charge in [-0.05, 0) is 33.8 Å². The van der Waals surface area contributed by atoms with Crippen LogP contribution in [0.2, 0.25) is 0 Å². The molecule has 1 atom stereocenters. The van der Waals surface area contributed by atoms with Crippen molar-refractivity contribution in [1.82, 2.24) is 10.2 Å². The molecular weight excluding hydrogens is 290 g/mol. The van der Waals surface area contributed by atoms with Crippen LogP contribution in [0.1, 0.15) is 37.4 Å². The summed E-state index contributed by atoms with van der Waals surface area (Å²) in [5.74, 6) is 0.598. The second-order valence-electron chi connectivity index (χ2n) is 4.50. The van der Waals surface area contributed by atoms with Gasteiger partial charge in [-0.3, -0.25) is 5.10 Å². The van der Waals surface area contributed by atoms with Crippen LogP contribution >= 0.6 is 15.9 Å². The van der Waals surface area contributed by atoms with E-state index in [1.807, 2.05) is 0 Å². The molecule has 1 heterocycles. The molecule has 0 saturated carbocycles.